The summed E-state index contributed by atoms with van der Waals surface area (Å²) in [6.45, 7) is 0. The van der Waals surface area contributed by atoms with Crippen LogP contribution in [0.3, 0.4) is 0 Å². The molecule has 8 nitrogen and oxygen atoms in total. The molecule has 2 aliphatic rings. The number of pyridine rings is 4. The Kier molecular flexibility index (Phi) is 13.5. The first-order valence-corrected chi connectivity index (χ1v) is 30.4. The van der Waals surface area contributed by atoms with Gasteiger partial charge < -0.3 is 19.6 Å². The van der Waals surface area contributed by atoms with Gasteiger partial charge in [0.1, 0.15) is 0 Å². The highest BCUT2D eigenvalue weighted by molar-refractivity contribution is 5.94. The topological polar surface area (TPSA) is 64.5 Å². The number of rotatable bonds is 15. The van der Waals surface area contributed by atoms with E-state index in [0.717, 1.165) is 124 Å². The summed E-state index contributed by atoms with van der Waals surface area (Å²) >= 11 is 0. The quantitative estimate of drug-likeness (QED) is 0.101. The third-order valence-corrected chi connectivity index (χ3v) is 17.7. The van der Waals surface area contributed by atoms with Crippen LogP contribution in [0.25, 0.3) is 22.8 Å². The van der Waals surface area contributed by atoms with Crippen LogP contribution in [-0.2, 0) is 10.8 Å². The fourth-order valence-corrected chi connectivity index (χ4v) is 14.1. The maximum absolute atomic E-state index is 5.78. The highest BCUT2D eigenvalue weighted by Crippen LogP contribution is 2.70. The Morgan fingerprint density at radius 1 is 0.178 bits per heavy atom. The van der Waals surface area contributed by atoms with Crippen LogP contribution in [0.2, 0.25) is 0 Å². The van der Waals surface area contributed by atoms with Crippen LogP contribution in [-0.4, -0.2) is 19.9 Å². The van der Waals surface area contributed by atoms with Crippen molar-refractivity contribution in [1.29, 1.82) is 0 Å². The molecule has 8 heteroatoms. The van der Waals surface area contributed by atoms with E-state index < -0.39 is 10.8 Å². The Morgan fingerprint density at radius 3 is 0.500 bits per heavy atom. The van der Waals surface area contributed by atoms with Crippen molar-refractivity contribution < 1.29 is 0 Å². The maximum atomic E-state index is 5.78. The van der Waals surface area contributed by atoms with Crippen molar-refractivity contribution in [3.8, 4) is 22.8 Å². The first-order chi connectivity index (χ1) is 44.7. The Labute approximate surface area is 524 Å². The molecule has 426 valence electrons. The summed E-state index contributed by atoms with van der Waals surface area (Å²) in [7, 11) is 0. The average molecular weight is 1160 g/mol. The fourth-order valence-electron chi connectivity index (χ4n) is 14.1. The highest BCUT2D eigenvalue weighted by atomic mass is 15.2. The van der Waals surface area contributed by atoms with E-state index >= 15 is 0 Å². The molecule has 4 heterocycles. The molecule has 0 unspecified atom stereocenters. The predicted molar refractivity (Wildman–Crippen MR) is 366 cm³/mol. The smallest absolute Gasteiger partial charge is 0.0936 e. The Bertz CT molecular complexity index is 4080. The normalized spacial score (nSPS) is 12.8. The van der Waals surface area contributed by atoms with Crippen LogP contribution < -0.4 is 19.6 Å². The summed E-state index contributed by atoms with van der Waals surface area (Å²) < 4.78 is 0. The standard InChI is InChI=1S/C82H58N8/c1-11-31-59(32-12-1)81(73-51-69(87(61-35-15-3-16-36-61)62-37-17-4-18-38-62)55-83-77(73)78-74(81)52-70(56-84-78)88(63-39-19-5-20-40-63)64-41-21-6-22-42-64)82(60-33-13-2-14-34-60)75-53-71(89(65-43-23-7-24-44-65)66-45-25-8-26-46-66)57-85-79(75)80-76(82)54-72(58-86-80)90(67-47-27-9-28-48-67)68-49-29-10-30-50-68/h1-58H. The largest absolute Gasteiger partial charge is 0.309 e. The summed E-state index contributed by atoms with van der Waals surface area (Å²) in [4.78, 5) is 32.4. The zero-order chi connectivity index (χ0) is 59.9. The van der Waals surface area contributed by atoms with Gasteiger partial charge >= 0.3 is 0 Å². The summed E-state index contributed by atoms with van der Waals surface area (Å²) in [6, 6.07) is 117. The van der Waals surface area contributed by atoms with Crippen LogP contribution in [0.1, 0.15) is 33.4 Å². The molecule has 0 saturated heterocycles. The van der Waals surface area contributed by atoms with Gasteiger partial charge in [-0.1, -0.05) is 206 Å². The predicted octanol–water partition coefficient (Wildman–Crippen LogP) is 20.5. The molecule has 0 N–H and O–H groups in total. The SMILES string of the molecule is c1ccc(N(c2ccccc2)c2cnc3c(c2)C(c2ccccc2)(C2(c4ccccc4)c4cc(N(c5ccccc5)c5ccccc5)cnc4-c4ncc(N(c5ccccc5)c5ccccc5)cc42)c2cc(N(c4ccccc4)c4ccccc4)cnc2-3)cc1. The van der Waals surface area contributed by atoms with E-state index in [4.69, 9.17) is 19.9 Å². The molecule has 0 atom stereocenters. The number of fused-ring (bicyclic) bond motifs is 6. The highest BCUT2D eigenvalue weighted by Gasteiger charge is 2.66. The zero-order valence-electron chi connectivity index (χ0n) is 49.1. The molecule has 0 fully saturated rings. The first kappa shape index (κ1) is 53.5. The van der Waals surface area contributed by atoms with Crippen LogP contribution in [0, 0.1) is 0 Å². The van der Waals surface area contributed by atoms with Crippen molar-refractivity contribution in [2.45, 2.75) is 10.8 Å². The molecule has 10 aromatic carbocycles. The second kappa shape index (κ2) is 22.7. The molecular formula is C82H58N8. The second-order valence-electron chi connectivity index (χ2n) is 22.6. The first-order valence-electron chi connectivity index (χ1n) is 30.4. The third-order valence-electron chi connectivity index (χ3n) is 17.7. The monoisotopic (exact) mass is 1150 g/mol. The lowest BCUT2D eigenvalue weighted by Gasteiger charge is -2.50. The molecule has 14 aromatic rings. The van der Waals surface area contributed by atoms with E-state index in [1.807, 2.05) is 24.8 Å². The fraction of sp³-hybridized carbons (Fsp3) is 0.0244. The minimum Gasteiger partial charge on any atom is -0.309 e. The number of hydrogen-bond acceptors (Lipinski definition) is 8. The number of aromatic nitrogens is 4. The number of anilines is 12. The Hall–Kier alpha value is -12.0. The van der Waals surface area contributed by atoms with Gasteiger partial charge in [-0.3, -0.25) is 19.9 Å². The van der Waals surface area contributed by atoms with E-state index in [1.54, 1.807) is 0 Å². The lowest BCUT2D eigenvalue weighted by molar-refractivity contribution is 0.436. The van der Waals surface area contributed by atoms with Crippen molar-refractivity contribution in [3.05, 3.63) is 386 Å². The summed E-state index contributed by atoms with van der Waals surface area (Å²) in [5.74, 6) is 0. The molecule has 0 aliphatic heterocycles. The number of nitrogens with zero attached hydrogens (tertiary/aromatic N) is 8. The molecule has 4 aromatic heterocycles. The third kappa shape index (κ3) is 8.75. The minimum atomic E-state index is -1.25. The lowest BCUT2D eigenvalue weighted by Crippen LogP contribution is -2.51. The summed E-state index contributed by atoms with van der Waals surface area (Å²) in [6.07, 6.45) is 8.11. The summed E-state index contributed by atoms with van der Waals surface area (Å²) in [5, 5.41) is 0. The van der Waals surface area contributed by atoms with Gasteiger partial charge in [-0.2, -0.15) is 0 Å². The van der Waals surface area contributed by atoms with Crippen LogP contribution in [0.15, 0.2) is 352 Å². The molecule has 0 amide bonds. The summed E-state index contributed by atoms with van der Waals surface area (Å²) in [5.41, 5.74) is 18.0. The van der Waals surface area contributed by atoms with Gasteiger partial charge in [0.15, 0.2) is 0 Å². The molecule has 90 heavy (non-hydrogen) atoms. The number of hydrogen-bond donors (Lipinski definition) is 0. The number of benzene rings is 10. The van der Waals surface area contributed by atoms with E-state index in [1.165, 1.54) is 0 Å². The molecule has 0 spiro atoms. The van der Waals surface area contributed by atoms with Crippen LogP contribution >= 0.6 is 0 Å². The minimum absolute atomic E-state index is 0.778. The molecule has 0 radical (unpaired) electrons. The van der Waals surface area contributed by atoms with Crippen molar-refractivity contribution in [2.24, 2.45) is 0 Å². The molecular weight excluding hydrogens is 1100 g/mol. The Balaban J connectivity index is 1.10. The van der Waals surface area contributed by atoms with Crippen molar-refractivity contribution in [2.75, 3.05) is 19.6 Å². The van der Waals surface area contributed by atoms with Gasteiger partial charge in [-0.25, -0.2) is 0 Å². The van der Waals surface area contributed by atoms with E-state index in [-0.39, 0.29) is 0 Å². The lowest BCUT2D eigenvalue weighted by atomic mass is 9.49. The van der Waals surface area contributed by atoms with Crippen LogP contribution in [0.4, 0.5) is 68.2 Å². The van der Waals surface area contributed by atoms with Gasteiger partial charge in [-0.05, 0) is 155 Å². The van der Waals surface area contributed by atoms with Gasteiger partial charge in [0.2, 0.25) is 0 Å². The van der Waals surface area contributed by atoms with E-state index in [9.17, 15) is 0 Å². The van der Waals surface area contributed by atoms with E-state index in [0.29, 0.717) is 0 Å². The van der Waals surface area contributed by atoms with E-state index in [2.05, 4.69) is 347 Å². The van der Waals surface area contributed by atoms with Gasteiger partial charge in [0.25, 0.3) is 0 Å². The van der Waals surface area contributed by atoms with Crippen molar-refractivity contribution >= 4 is 68.2 Å². The Morgan fingerprint density at radius 2 is 0.333 bits per heavy atom. The molecule has 16 rings (SSSR count). The van der Waals surface area contributed by atoms with Gasteiger partial charge in [0.05, 0.1) is 81.1 Å². The molecule has 2 aliphatic carbocycles. The average Bonchev–Trinajstić information content (AvgIpc) is 1.46. The maximum Gasteiger partial charge on any atom is 0.0936 e. The number of para-hydroxylation sites is 8. The van der Waals surface area contributed by atoms with Crippen LogP contribution in [0.5, 0.6) is 0 Å². The van der Waals surface area contributed by atoms with Crippen molar-refractivity contribution in [3.63, 3.8) is 0 Å². The van der Waals surface area contributed by atoms with Gasteiger partial charge in [-0.15, -0.1) is 0 Å². The zero-order valence-corrected chi connectivity index (χ0v) is 49.1. The molecule has 0 saturated carbocycles. The second-order valence-corrected chi connectivity index (χ2v) is 22.6. The molecule has 0 bridgehead atoms. The van der Waals surface area contributed by atoms with Crippen molar-refractivity contribution in [1.82, 2.24) is 19.9 Å². The van der Waals surface area contributed by atoms with Gasteiger partial charge in [0, 0.05) is 45.5 Å².